The Labute approximate surface area is 286 Å². The molecule has 0 aromatic carbocycles. The third kappa shape index (κ3) is 13.6. The van der Waals surface area contributed by atoms with Crippen LogP contribution in [0, 0.1) is 10.8 Å². The number of piperidine rings is 1. The second-order valence-corrected chi connectivity index (χ2v) is 15.0. The summed E-state index contributed by atoms with van der Waals surface area (Å²) in [4.78, 5) is 53.3. The van der Waals surface area contributed by atoms with Crippen LogP contribution in [0.3, 0.4) is 0 Å². The lowest BCUT2D eigenvalue weighted by molar-refractivity contribution is -0.235. The van der Waals surface area contributed by atoms with Crippen molar-refractivity contribution < 1.29 is 48.3 Å². The summed E-state index contributed by atoms with van der Waals surface area (Å²) in [5.41, 5.74) is -1.02. The molecule has 13 heteroatoms. The lowest BCUT2D eigenvalue weighted by atomic mass is 9.72. The third-order valence-corrected chi connectivity index (χ3v) is 9.64. The van der Waals surface area contributed by atoms with Crippen LogP contribution in [0.4, 0.5) is 0 Å². The van der Waals surface area contributed by atoms with E-state index in [4.69, 9.17) is 18.9 Å². The molecular weight excluding hydrogens is 622 g/mol. The number of unbranched alkanes of at least 4 members (excludes halogenated alkanes) is 1. The highest BCUT2D eigenvalue weighted by Crippen LogP contribution is 2.39. The number of Topliss-reactive ketones (excluding diaryl/α,β-unsaturated/α-hetero) is 1. The van der Waals surface area contributed by atoms with Crippen molar-refractivity contribution in [3.05, 3.63) is 0 Å². The normalized spacial score (nSPS) is 27.7. The molecule has 3 amide bonds. The van der Waals surface area contributed by atoms with Gasteiger partial charge in [0, 0.05) is 57.3 Å². The largest absolute Gasteiger partial charge is 0.388 e. The molecule has 6 atom stereocenters. The number of nitrogens with zero attached hydrogens (tertiary/aromatic N) is 1. The van der Waals surface area contributed by atoms with Crippen LogP contribution < -0.4 is 10.6 Å². The lowest BCUT2D eigenvalue weighted by Crippen LogP contribution is -2.47. The zero-order valence-electron chi connectivity index (χ0n) is 29.8. The van der Waals surface area contributed by atoms with E-state index in [1.807, 2.05) is 34.6 Å². The average molecular weight is 684 g/mol. The molecule has 4 N–H and O–H groups in total. The fraction of sp³-hybridized carbons (Fsp3) is 0.886. The zero-order valence-corrected chi connectivity index (χ0v) is 29.8. The molecule has 3 heterocycles. The van der Waals surface area contributed by atoms with Gasteiger partial charge in [0.15, 0.2) is 12.6 Å². The molecule has 3 rings (SSSR count). The highest BCUT2D eigenvalue weighted by Gasteiger charge is 2.39. The van der Waals surface area contributed by atoms with Crippen LogP contribution in [-0.2, 0) is 38.1 Å². The number of carbonyl (C=O) groups excluding carboxylic acids is 4. The van der Waals surface area contributed by atoms with E-state index in [0.29, 0.717) is 64.5 Å². The minimum absolute atomic E-state index is 0.00291. The van der Waals surface area contributed by atoms with Gasteiger partial charge in [0.2, 0.25) is 17.7 Å². The number of hydrogen-bond acceptors (Lipinski definition) is 10. The molecule has 3 fully saturated rings. The molecule has 0 aliphatic carbocycles. The van der Waals surface area contributed by atoms with E-state index in [2.05, 4.69) is 10.6 Å². The van der Waals surface area contributed by atoms with Crippen molar-refractivity contribution in [2.24, 2.45) is 10.8 Å². The number of rotatable bonds is 17. The van der Waals surface area contributed by atoms with E-state index in [1.54, 1.807) is 4.90 Å². The Morgan fingerprint density at radius 3 is 1.69 bits per heavy atom. The minimum Gasteiger partial charge on any atom is -0.388 e. The molecule has 3 aliphatic heterocycles. The van der Waals surface area contributed by atoms with E-state index in [1.165, 1.54) is 0 Å². The number of ketones is 1. The van der Waals surface area contributed by atoms with Crippen LogP contribution in [0.25, 0.3) is 0 Å². The number of amides is 3. The van der Waals surface area contributed by atoms with Gasteiger partial charge in [0.1, 0.15) is 18.0 Å². The molecule has 0 radical (unpaired) electrons. The first-order chi connectivity index (χ1) is 22.7. The lowest BCUT2D eigenvalue weighted by Gasteiger charge is -2.41. The molecule has 0 unspecified atom stereocenters. The molecule has 3 saturated heterocycles. The van der Waals surface area contributed by atoms with Gasteiger partial charge in [-0.3, -0.25) is 19.2 Å². The summed E-state index contributed by atoms with van der Waals surface area (Å²) < 4.78 is 22.6. The summed E-state index contributed by atoms with van der Waals surface area (Å²) in [5, 5.41) is 26.0. The summed E-state index contributed by atoms with van der Waals surface area (Å²) in [6.07, 6.45) is 3.23. The number of hydrogen-bond donors (Lipinski definition) is 4. The predicted octanol–water partition coefficient (Wildman–Crippen LogP) is 2.59. The van der Waals surface area contributed by atoms with Gasteiger partial charge in [-0.1, -0.05) is 20.8 Å². The molecule has 0 spiro atoms. The second kappa shape index (κ2) is 19.3. The van der Waals surface area contributed by atoms with Crippen molar-refractivity contribution in [1.29, 1.82) is 0 Å². The van der Waals surface area contributed by atoms with Gasteiger partial charge in [0.05, 0.1) is 25.4 Å². The van der Waals surface area contributed by atoms with E-state index >= 15 is 0 Å². The highest BCUT2D eigenvalue weighted by molar-refractivity contribution is 5.83. The van der Waals surface area contributed by atoms with Crippen LogP contribution in [0.5, 0.6) is 0 Å². The van der Waals surface area contributed by atoms with Crippen molar-refractivity contribution in [3.63, 3.8) is 0 Å². The standard InChI is InChI=1S/C35H61N3O10/c1-24-10-12-26(39)32(47-24)45-20-16-36-29(42)22-35(23-30(43)37-17-21-46-33-27(40)13-11-25(2)48-33)14-18-38(19-15-35)31(44)9-7-6-8-28(41)34(3,4)5/h24-27,32-33,39-40H,6-23H2,1-5H3,(H,36,42)(H,37,43)/t24-,25-,26-,27-,32+,33+/m0/s1. The Morgan fingerprint density at radius 1 is 0.771 bits per heavy atom. The first-order valence-electron chi connectivity index (χ1n) is 17.9. The van der Waals surface area contributed by atoms with Crippen LogP contribution >= 0.6 is 0 Å². The zero-order chi connectivity index (χ0) is 35.3. The number of aliphatic hydroxyl groups excluding tert-OH is 2. The van der Waals surface area contributed by atoms with Gasteiger partial charge < -0.3 is 44.7 Å². The maximum atomic E-state index is 13.1. The summed E-state index contributed by atoms with van der Waals surface area (Å²) in [6, 6.07) is 0. The van der Waals surface area contributed by atoms with Crippen LogP contribution in [0.15, 0.2) is 0 Å². The van der Waals surface area contributed by atoms with Crippen molar-refractivity contribution in [2.75, 3.05) is 39.4 Å². The van der Waals surface area contributed by atoms with Gasteiger partial charge >= 0.3 is 0 Å². The van der Waals surface area contributed by atoms with E-state index < -0.39 is 30.2 Å². The van der Waals surface area contributed by atoms with E-state index in [0.717, 1.165) is 12.8 Å². The van der Waals surface area contributed by atoms with Crippen LogP contribution in [-0.4, -0.2) is 115 Å². The van der Waals surface area contributed by atoms with Gasteiger partial charge in [-0.25, -0.2) is 0 Å². The number of likely N-dealkylation sites (tertiary alicyclic amines) is 1. The predicted molar refractivity (Wildman–Crippen MR) is 177 cm³/mol. The number of aliphatic hydroxyl groups is 2. The topological polar surface area (TPSA) is 173 Å². The highest BCUT2D eigenvalue weighted by atomic mass is 16.7. The quantitative estimate of drug-likeness (QED) is 0.167. The third-order valence-electron chi connectivity index (χ3n) is 9.64. The van der Waals surface area contributed by atoms with Gasteiger partial charge in [-0.2, -0.15) is 0 Å². The smallest absolute Gasteiger partial charge is 0.222 e. The van der Waals surface area contributed by atoms with E-state index in [-0.39, 0.29) is 80.3 Å². The molecule has 0 saturated carbocycles. The fourth-order valence-corrected chi connectivity index (χ4v) is 6.44. The summed E-state index contributed by atoms with van der Waals surface area (Å²) >= 11 is 0. The fourth-order valence-electron chi connectivity index (χ4n) is 6.44. The first-order valence-corrected chi connectivity index (χ1v) is 17.9. The Balaban J connectivity index is 1.48. The summed E-state index contributed by atoms with van der Waals surface area (Å²) in [6.45, 7) is 11.3. The van der Waals surface area contributed by atoms with Crippen molar-refractivity contribution in [2.45, 2.75) is 149 Å². The molecule has 276 valence electrons. The molecule has 48 heavy (non-hydrogen) atoms. The SMILES string of the molecule is C[C@H]1CC[C@H](O)[C@H](OCCNC(=O)CC2(CC(=O)NCCO[C@@H]3O[C@@H](C)CC[C@@H]3O)CCN(C(=O)CCCCC(=O)C(C)(C)C)CC2)O1. The monoisotopic (exact) mass is 683 g/mol. The van der Waals surface area contributed by atoms with Gasteiger partial charge in [-0.05, 0) is 70.6 Å². The molecule has 13 nitrogen and oxygen atoms in total. The van der Waals surface area contributed by atoms with Crippen molar-refractivity contribution >= 4 is 23.5 Å². The Morgan fingerprint density at radius 2 is 1.23 bits per heavy atom. The second-order valence-electron chi connectivity index (χ2n) is 15.0. The van der Waals surface area contributed by atoms with Gasteiger partial charge in [-0.15, -0.1) is 0 Å². The summed E-state index contributed by atoms with van der Waals surface area (Å²) in [7, 11) is 0. The Hall–Kier alpha value is -2.16. The molecular formula is C35H61N3O10. The van der Waals surface area contributed by atoms with Crippen molar-refractivity contribution in [3.8, 4) is 0 Å². The number of ether oxygens (including phenoxy) is 4. The molecule has 0 aromatic rings. The van der Waals surface area contributed by atoms with E-state index in [9.17, 15) is 29.4 Å². The first kappa shape index (κ1) is 40.3. The molecule has 0 aromatic heterocycles. The number of carbonyl (C=O) groups is 4. The van der Waals surface area contributed by atoms with Crippen molar-refractivity contribution in [1.82, 2.24) is 15.5 Å². The number of nitrogens with one attached hydrogen (secondary N) is 2. The molecule has 3 aliphatic rings. The minimum atomic E-state index is -0.721. The average Bonchev–Trinajstić information content (AvgIpc) is 3.02. The maximum absolute atomic E-state index is 13.1. The summed E-state index contributed by atoms with van der Waals surface area (Å²) in [5.74, 6) is -0.211. The van der Waals surface area contributed by atoms with Gasteiger partial charge in [0.25, 0.3) is 0 Å². The molecule has 0 bridgehead atoms. The Kier molecular flexibility index (Phi) is 16.2. The van der Waals surface area contributed by atoms with Crippen LogP contribution in [0.1, 0.15) is 112 Å². The maximum Gasteiger partial charge on any atom is 0.222 e. The van der Waals surface area contributed by atoms with Crippen LogP contribution in [0.2, 0.25) is 0 Å². The Bertz CT molecular complexity index is 992.